The van der Waals surface area contributed by atoms with Gasteiger partial charge in [-0.05, 0) is 37.1 Å². The standard InChI is InChI=1S/C20H26O8/c1-7-19(23-9-1)25-13-17(27-19)11-21-15-3-5-16(6-4-15)22-12-18-14-26-20(28-18)8-2-10-24-20/h3-6,17-18H,1-2,7-14H2. The summed E-state index contributed by atoms with van der Waals surface area (Å²) < 4.78 is 45.8. The molecule has 0 aromatic heterocycles. The molecule has 0 radical (unpaired) electrons. The molecule has 5 rings (SSSR count). The summed E-state index contributed by atoms with van der Waals surface area (Å²) in [7, 11) is 0. The van der Waals surface area contributed by atoms with Crippen molar-refractivity contribution in [3.05, 3.63) is 24.3 Å². The molecule has 0 bridgehead atoms. The van der Waals surface area contributed by atoms with E-state index in [1.807, 2.05) is 24.3 Å². The van der Waals surface area contributed by atoms with E-state index in [9.17, 15) is 0 Å². The maximum atomic E-state index is 5.86. The molecule has 1 aromatic rings. The number of hydrogen-bond acceptors (Lipinski definition) is 8. The Hall–Kier alpha value is -1.42. The van der Waals surface area contributed by atoms with Gasteiger partial charge in [0, 0.05) is 12.8 Å². The van der Waals surface area contributed by atoms with Crippen LogP contribution in [0.15, 0.2) is 24.3 Å². The summed E-state index contributed by atoms with van der Waals surface area (Å²) in [5.41, 5.74) is 0. The summed E-state index contributed by atoms with van der Waals surface area (Å²) in [4.78, 5) is 0. The van der Waals surface area contributed by atoms with E-state index in [0.717, 1.165) is 37.2 Å². The Bertz CT molecular complexity index is 594. The fourth-order valence-electron chi connectivity index (χ4n) is 3.85. The Morgan fingerprint density at radius 2 is 1.18 bits per heavy atom. The fourth-order valence-corrected chi connectivity index (χ4v) is 3.85. The average molecular weight is 394 g/mol. The van der Waals surface area contributed by atoms with E-state index in [2.05, 4.69) is 0 Å². The molecule has 0 amide bonds. The molecular weight excluding hydrogens is 368 g/mol. The zero-order valence-corrected chi connectivity index (χ0v) is 15.8. The van der Waals surface area contributed by atoms with E-state index in [-0.39, 0.29) is 12.2 Å². The normalized spacial score (nSPS) is 37.3. The van der Waals surface area contributed by atoms with Gasteiger partial charge < -0.3 is 37.9 Å². The lowest BCUT2D eigenvalue weighted by Gasteiger charge is -2.21. The van der Waals surface area contributed by atoms with E-state index in [1.54, 1.807) is 0 Å². The minimum absolute atomic E-state index is 0.126. The molecular formula is C20H26O8. The van der Waals surface area contributed by atoms with Crippen LogP contribution in [-0.2, 0) is 28.4 Å². The molecule has 4 saturated heterocycles. The molecule has 1 aromatic carbocycles. The highest BCUT2D eigenvalue weighted by Crippen LogP contribution is 2.35. The first kappa shape index (κ1) is 18.6. The van der Waals surface area contributed by atoms with Crippen LogP contribution >= 0.6 is 0 Å². The summed E-state index contributed by atoms with van der Waals surface area (Å²) in [6.07, 6.45) is 3.22. The molecule has 0 aliphatic carbocycles. The van der Waals surface area contributed by atoms with Crippen molar-refractivity contribution in [1.29, 1.82) is 0 Å². The van der Waals surface area contributed by atoms with Crippen LogP contribution in [0, 0.1) is 0 Å². The number of benzene rings is 1. The summed E-state index contributed by atoms with van der Waals surface area (Å²) in [6, 6.07) is 7.50. The van der Waals surface area contributed by atoms with E-state index >= 15 is 0 Å². The van der Waals surface area contributed by atoms with Crippen molar-refractivity contribution in [3.8, 4) is 11.5 Å². The minimum Gasteiger partial charge on any atom is -0.491 e. The molecule has 4 atom stereocenters. The zero-order chi connectivity index (χ0) is 18.9. The molecule has 28 heavy (non-hydrogen) atoms. The van der Waals surface area contributed by atoms with Crippen molar-refractivity contribution in [1.82, 2.24) is 0 Å². The van der Waals surface area contributed by atoms with Gasteiger partial charge in [-0.2, -0.15) is 0 Å². The minimum atomic E-state index is -0.833. The smallest absolute Gasteiger partial charge is 0.283 e. The second-order valence-electron chi connectivity index (χ2n) is 7.47. The maximum absolute atomic E-state index is 5.86. The predicted octanol–water partition coefficient (Wildman–Crippen LogP) is 2.20. The van der Waals surface area contributed by atoms with Gasteiger partial charge in [0.05, 0.1) is 26.4 Å². The first-order chi connectivity index (χ1) is 13.7. The fraction of sp³-hybridized carbons (Fsp3) is 0.700. The van der Waals surface area contributed by atoms with E-state index in [1.165, 1.54) is 0 Å². The highest BCUT2D eigenvalue weighted by Gasteiger charge is 2.46. The number of rotatable bonds is 6. The molecule has 2 spiro atoms. The van der Waals surface area contributed by atoms with Crippen molar-refractivity contribution in [2.24, 2.45) is 0 Å². The zero-order valence-electron chi connectivity index (χ0n) is 15.8. The highest BCUT2D eigenvalue weighted by atomic mass is 16.9. The Labute approximate surface area is 163 Å². The van der Waals surface area contributed by atoms with Crippen LogP contribution in [0.3, 0.4) is 0 Å². The monoisotopic (exact) mass is 394 g/mol. The van der Waals surface area contributed by atoms with Crippen LogP contribution in [0.2, 0.25) is 0 Å². The first-order valence-corrected chi connectivity index (χ1v) is 10.00. The van der Waals surface area contributed by atoms with Crippen molar-refractivity contribution in [2.75, 3.05) is 39.6 Å². The van der Waals surface area contributed by atoms with Crippen molar-refractivity contribution < 1.29 is 37.9 Å². The Kier molecular flexibility index (Phi) is 5.17. The SMILES string of the molecule is c1cc(OCC2COC3(CCCO3)O2)ccc1OCC1COC2(CCCO2)O1. The Balaban J connectivity index is 1.05. The largest absolute Gasteiger partial charge is 0.491 e. The molecule has 4 fully saturated rings. The van der Waals surface area contributed by atoms with Gasteiger partial charge >= 0.3 is 0 Å². The second-order valence-corrected chi connectivity index (χ2v) is 7.47. The summed E-state index contributed by atoms with van der Waals surface area (Å²) in [6.45, 7) is 3.16. The van der Waals surface area contributed by atoms with Crippen molar-refractivity contribution >= 4 is 0 Å². The van der Waals surface area contributed by atoms with Gasteiger partial charge in [0.15, 0.2) is 0 Å². The van der Waals surface area contributed by atoms with Gasteiger partial charge in [-0.3, -0.25) is 0 Å². The van der Waals surface area contributed by atoms with Gasteiger partial charge in [-0.1, -0.05) is 0 Å². The molecule has 0 N–H and O–H groups in total. The molecule has 4 aliphatic heterocycles. The predicted molar refractivity (Wildman–Crippen MR) is 94.9 cm³/mol. The number of ether oxygens (including phenoxy) is 8. The molecule has 4 heterocycles. The quantitative estimate of drug-likeness (QED) is 0.727. The van der Waals surface area contributed by atoms with Crippen LogP contribution < -0.4 is 9.47 Å². The molecule has 4 unspecified atom stereocenters. The molecule has 154 valence electrons. The van der Waals surface area contributed by atoms with Crippen LogP contribution in [0.25, 0.3) is 0 Å². The third kappa shape index (κ3) is 3.98. The lowest BCUT2D eigenvalue weighted by Crippen LogP contribution is -2.30. The van der Waals surface area contributed by atoms with Gasteiger partial charge in [0.25, 0.3) is 11.9 Å². The molecule has 8 heteroatoms. The second kappa shape index (κ2) is 7.78. The van der Waals surface area contributed by atoms with Crippen molar-refractivity contribution in [2.45, 2.75) is 49.8 Å². The van der Waals surface area contributed by atoms with Gasteiger partial charge in [0.1, 0.15) is 36.9 Å². The third-order valence-electron chi connectivity index (χ3n) is 5.26. The Morgan fingerprint density at radius 1 is 0.714 bits per heavy atom. The summed E-state index contributed by atoms with van der Waals surface area (Å²) in [5, 5.41) is 0. The topological polar surface area (TPSA) is 73.8 Å². The maximum Gasteiger partial charge on any atom is 0.283 e. The van der Waals surface area contributed by atoms with E-state index in [4.69, 9.17) is 37.9 Å². The first-order valence-electron chi connectivity index (χ1n) is 10.00. The third-order valence-corrected chi connectivity index (χ3v) is 5.26. The van der Waals surface area contributed by atoms with Crippen LogP contribution in [-0.4, -0.2) is 63.8 Å². The van der Waals surface area contributed by atoms with E-state index in [0.29, 0.717) is 39.6 Å². The Morgan fingerprint density at radius 3 is 1.57 bits per heavy atom. The number of hydrogen-bond donors (Lipinski definition) is 0. The van der Waals surface area contributed by atoms with E-state index < -0.39 is 11.9 Å². The van der Waals surface area contributed by atoms with Gasteiger partial charge in [0.2, 0.25) is 0 Å². The van der Waals surface area contributed by atoms with Crippen LogP contribution in [0.4, 0.5) is 0 Å². The van der Waals surface area contributed by atoms with Crippen molar-refractivity contribution in [3.63, 3.8) is 0 Å². The van der Waals surface area contributed by atoms with Gasteiger partial charge in [-0.25, -0.2) is 0 Å². The molecule has 8 nitrogen and oxygen atoms in total. The lowest BCUT2D eigenvalue weighted by molar-refractivity contribution is -0.315. The summed E-state index contributed by atoms with van der Waals surface area (Å²) in [5.74, 6) is -0.161. The lowest BCUT2D eigenvalue weighted by atomic mass is 10.3. The molecule has 4 aliphatic rings. The van der Waals surface area contributed by atoms with Gasteiger partial charge in [-0.15, -0.1) is 0 Å². The molecule has 0 saturated carbocycles. The van der Waals surface area contributed by atoms with Crippen LogP contribution in [0.1, 0.15) is 25.7 Å². The summed E-state index contributed by atoms with van der Waals surface area (Å²) >= 11 is 0. The average Bonchev–Trinajstić information content (AvgIpc) is 3.52. The van der Waals surface area contributed by atoms with Crippen LogP contribution in [0.5, 0.6) is 11.5 Å². The highest BCUT2D eigenvalue weighted by molar-refractivity contribution is 5.31.